The molecule has 1 N–H and O–H groups in total. The maximum absolute atomic E-state index is 11.3. The number of para-hydroxylation sites is 1. The first kappa shape index (κ1) is 14.6. The summed E-state index contributed by atoms with van der Waals surface area (Å²) in [4.78, 5) is 22.9. The molecular weight excluding hydrogens is 298 g/mol. The number of aromatic nitrogens is 3. The van der Waals surface area contributed by atoms with Gasteiger partial charge in [0.15, 0.2) is 5.75 Å². The molecule has 0 saturated carbocycles. The normalized spacial score (nSPS) is 10.5. The summed E-state index contributed by atoms with van der Waals surface area (Å²) in [5, 5.41) is 14.8. The number of anilines is 1. The van der Waals surface area contributed by atoms with Gasteiger partial charge >= 0.3 is 11.6 Å². The number of hydrogen-bond acceptors (Lipinski definition) is 7. The van der Waals surface area contributed by atoms with Crippen molar-refractivity contribution in [3.8, 4) is 11.6 Å². The van der Waals surface area contributed by atoms with Gasteiger partial charge < -0.3 is 10.1 Å². The number of nitro groups is 1. The number of fused-ring (bicyclic) bond motifs is 1. The molecular formula is C15H13N5O3. The zero-order chi connectivity index (χ0) is 16.4. The van der Waals surface area contributed by atoms with Crippen LogP contribution in [-0.2, 0) is 0 Å². The van der Waals surface area contributed by atoms with Gasteiger partial charge in [-0.15, -0.1) is 0 Å². The van der Waals surface area contributed by atoms with Crippen LogP contribution in [0.15, 0.2) is 36.7 Å². The second-order valence-electron chi connectivity index (χ2n) is 4.77. The Labute approximate surface area is 131 Å². The zero-order valence-electron chi connectivity index (χ0n) is 12.5. The molecule has 0 aliphatic rings. The quantitative estimate of drug-likeness (QED) is 0.583. The summed E-state index contributed by atoms with van der Waals surface area (Å²) in [5.74, 6) is 0.351. The van der Waals surface area contributed by atoms with E-state index >= 15 is 0 Å². The highest BCUT2D eigenvalue weighted by Gasteiger charge is 2.24. The number of aryl methyl sites for hydroxylation is 1. The summed E-state index contributed by atoms with van der Waals surface area (Å²) in [7, 11) is 1.54. The topological polar surface area (TPSA) is 103 Å². The molecule has 23 heavy (non-hydrogen) atoms. The predicted molar refractivity (Wildman–Crippen MR) is 84.8 cm³/mol. The molecule has 0 fully saturated rings. The first-order chi connectivity index (χ1) is 11.1. The molecule has 0 radical (unpaired) electrons. The van der Waals surface area contributed by atoms with Crippen molar-refractivity contribution in [2.45, 2.75) is 6.92 Å². The summed E-state index contributed by atoms with van der Waals surface area (Å²) in [6.45, 7) is 1.86. The van der Waals surface area contributed by atoms with Gasteiger partial charge in [-0.05, 0) is 19.1 Å². The maximum atomic E-state index is 11.3. The molecule has 2 aromatic heterocycles. The van der Waals surface area contributed by atoms with Crippen molar-refractivity contribution >= 4 is 22.4 Å². The van der Waals surface area contributed by atoms with Crippen LogP contribution in [0.5, 0.6) is 11.6 Å². The van der Waals surface area contributed by atoms with Crippen LogP contribution < -0.4 is 10.1 Å². The molecule has 0 amide bonds. The van der Waals surface area contributed by atoms with Crippen LogP contribution in [0.25, 0.3) is 10.9 Å². The Hall–Kier alpha value is -3.29. The zero-order valence-corrected chi connectivity index (χ0v) is 12.5. The van der Waals surface area contributed by atoms with Gasteiger partial charge in [-0.1, -0.05) is 18.2 Å². The van der Waals surface area contributed by atoms with E-state index < -0.39 is 4.92 Å². The van der Waals surface area contributed by atoms with E-state index in [0.29, 0.717) is 11.3 Å². The van der Waals surface area contributed by atoms with Crippen molar-refractivity contribution in [2.24, 2.45) is 0 Å². The minimum Gasteiger partial charge on any atom is -0.431 e. The number of hydrogen-bond donors (Lipinski definition) is 1. The van der Waals surface area contributed by atoms with Crippen molar-refractivity contribution in [2.75, 3.05) is 12.4 Å². The van der Waals surface area contributed by atoms with Crippen LogP contribution in [-0.4, -0.2) is 26.9 Å². The van der Waals surface area contributed by atoms with E-state index in [-0.39, 0.29) is 17.4 Å². The second-order valence-corrected chi connectivity index (χ2v) is 4.77. The van der Waals surface area contributed by atoms with E-state index in [9.17, 15) is 10.1 Å². The van der Waals surface area contributed by atoms with Crippen LogP contribution in [0.2, 0.25) is 0 Å². The molecule has 0 saturated heterocycles. The lowest BCUT2D eigenvalue weighted by atomic mass is 10.2. The first-order valence-corrected chi connectivity index (χ1v) is 6.81. The fraction of sp³-hybridized carbons (Fsp3) is 0.133. The molecule has 1 aromatic carbocycles. The predicted octanol–water partition coefficient (Wildman–Crippen LogP) is 3.08. The number of pyridine rings is 1. The summed E-state index contributed by atoms with van der Waals surface area (Å²) >= 11 is 0. The van der Waals surface area contributed by atoms with Gasteiger partial charge in [0, 0.05) is 18.1 Å². The molecule has 8 nitrogen and oxygen atoms in total. The lowest BCUT2D eigenvalue weighted by Gasteiger charge is -2.09. The van der Waals surface area contributed by atoms with Crippen molar-refractivity contribution in [1.29, 1.82) is 0 Å². The Bertz CT molecular complexity index is 897. The van der Waals surface area contributed by atoms with Crippen LogP contribution in [0, 0.1) is 17.0 Å². The fourth-order valence-electron chi connectivity index (χ4n) is 2.19. The van der Waals surface area contributed by atoms with E-state index in [0.717, 1.165) is 11.1 Å². The van der Waals surface area contributed by atoms with E-state index in [2.05, 4.69) is 20.3 Å². The monoisotopic (exact) mass is 311 g/mol. The third kappa shape index (κ3) is 2.73. The average molecular weight is 311 g/mol. The van der Waals surface area contributed by atoms with Gasteiger partial charge in [0.05, 0.1) is 4.92 Å². The van der Waals surface area contributed by atoms with Gasteiger partial charge in [0.2, 0.25) is 5.82 Å². The van der Waals surface area contributed by atoms with Crippen molar-refractivity contribution in [3.05, 3.63) is 52.5 Å². The van der Waals surface area contributed by atoms with E-state index in [1.807, 2.05) is 25.1 Å². The number of nitrogens with zero attached hydrogens (tertiary/aromatic N) is 4. The largest absolute Gasteiger partial charge is 0.431 e. The fourth-order valence-corrected chi connectivity index (χ4v) is 2.19. The van der Waals surface area contributed by atoms with Gasteiger partial charge in [-0.2, -0.15) is 4.98 Å². The Kier molecular flexibility index (Phi) is 3.71. The van der Waals surface area contributed by atoms with Crippen LogP contribution in [0.3, 0.4) is 0 Å². The van der Waals surface area contributed by atoms with Crippen molar-refractivity contribution in [3.63, 3.8) is 0 Å². The van der Waals surface area contributed by atoms with Gasteiger partial charge in [0.1, 0.15) is 11.8 Å². The minimum atomic E-state index is -0.578. The number of nitrogens with one attached hydrogen (secondary N) is 1. The van der Waals surface area contributed by atoms with E-state index in [4.69, 9.17) is 4.74 Å². The molecule has 116 valence electrons. The average Bonchev–Trinajstić information content (AvgIpc) is 2.55. The Morgan fingerprint density at radius 2 is 2.04 bits per heavy atom. The van der Waals surface area contributed by atoms with Crippen molar-refractivity contribution in [1.82, 2.24) is 15.0 Å². The highest BCUT2D eigenvalue weighted by molar-refractivity contribution is 5.85. The SMILES string of the molecule is CNc1ncnc(Oc2cccc3ccc(C)nc23)c1[N+](=O)[O-]. The molecule has 0 atom stereocenters. The third-order valence-corrected chi connectivity index (χ3v) is 3.24. The standard InChI is InChI=1S/C15H13N5O3/c1-9-6-7-10-4-3-5-11(12(10)19-9)23-15-13(20(21)22)14(16-2)17-8-18-15/h3-8H,1-2H3,(H,16,17,18). The Morgan fingerprint density at radius 3 is 2.78 bits per heavy atom. The van der Waals surface area contributed by atoms with Crippen LogP contribution >= 0.6 is 0 Å². The molecule has 3 aromatic rings. The third-order valence-electron chi connectivity index (χ3n) is 3.24. The molecule has 3 rings (SSSR count). The van der Waals surface area contributed by atoms with Crippen LogP contribution in [0.1, 0.15) is 5.69 Å². The minimum absolute atomic E-state index is 0.0874. The molecule has 8 heteroatoms. The highest BCUT2D eigenvalue weighted by atomic mass is 16.6. The Morgan fingerprint density at radius 1 is 1.22 bits per heavy atom. The Balaban J connectivity index is 2.13. The molecule has 0 aliphatic carbocycles. The molecule has 0 unspecified atom stereocenters. The summed E-state index contributed by atoms with van der Waals surface area (Å²) in [5.41, 5.74) is 1.12. The first-order valence-electron chi connectivity index (χ1n) is 6.81. The van der Waals surface area contributed by atoms with E-state index in [1.165, 1.54) is 6.33 Å². The summed E-state index contributed by atoms with van der Waals surface area (Å²) < 4.78 is 5.69. The van der Waals surface area contributed by atoms with Gasteiger partial charge in [-0.3, -0.25) is 10.1 Å². The molecule has 0 spiro atoms. The summed E-state index contributed by atoms with van der Waals surface area (Å²) in [6.07, 6.45) is 1.21. The second kappa shape index (κ2) is 5.84. The highest BCUT2D eigenvalue weighted by Crippen LogP contribution is 2.35. The van der Waals surface area contributed by atoms with Crippen LogP contribution in [0.4, 0.5) is 11.5 Å². The number of ether oxygens (including phenoxy) is 1. The van der Waals surface area contributed by atoms with Gasteiger partial charge in [0.25, 0.3) is 0 Å². The number of rotatable bonds is 4. The lowest BCUT2D eigenvalue weighted by Crippen LogP contribution is -2.03. The van der Waals surface area contributed by atoms with E-state index in [1.54, 1.807) is 19.2 Å². The smallest absolute Gasteiger partial charge is 0.373 e. The molecule has 0 aliphatic heterocycles. The van der Waals surface area contributed by atoms with Gasteiger partial charge in [-0.25, -0.2) is 9.97 Å². The molecule has 2 heterocycles. The molecule has 0 bridgehead atoms. The lowest BCUT2D eigenvalue weighted by molar-refractivity contribution is -0.385. The van der Waals surface area contributed by atoms with Crippen molar-refractivity contribution < 1.29 is 9.66 Å². The maximum Gasteiger partial charge on any atom is 0.373 e. The summed E-state index contributed by atoms with van der Waals surface area (Å²) in [6, 6.07) is 9.18. The number of benzene rings is 1.